The molecule has 142 valence electrons. The van der Waals surface area contributed by atoms with E-state index >= 15 is 0 Å². The molecule has 0 bridgehead atoms. The predicted molar refractivity (Wildman–Crippen MR) is 111 cm³/mol. The van der Waals surface area contributed by atoms with Gasteiger partial charge < -0.3 is 9.80 Å². The van der Waals surface area contributed by atoms with E-state index in [0.29, 0.717) is 17.3 Å². The highest BCUT2D eigenvalue weighted by atomic mass is 35.5. The zero-order valence-electron chi connectivity index (χ0n) is 14.8. The van der Waals surface area contributed by atoms with Crippen molar-refractivity contribution in [3.8, 4) is 10.6 Å². The van der Waals surface area contributed by atoms with Gasteiger partial charge in [-0.25, -0.2) is 4.98 Å². The highest BCUT2D eigenvalue weighted by Crippen LogP contribution is 2.31. The Morgan fingerprint density at radius 2 is 1.93 bits per heavy atom. The molecule has 0 N–H and O–H groups in total. The second-order valence-corrected chi connectivity index (χ2v) is 9.10. The number of rotatable bonds is 3. The number of amides is 2. The maximum absolute atomic E-state index is 13.0. The number of aromatic nitrogens is 1. The lowest BCUT2D eigenvalue weighted by Crippen LogP contribution is -2.50. The number of benzene rings is 1. The zero-order chi connectivity index (χ0) is 18.8. The fourth-order valence-corrected chi connectivity index (χ4v) is 5.56. The molecular formula is C19H20ClN3O2S2. The first-order chi connectivity index (χ1) is 13.1. The molecule has 1 atom stereocenters. The number of carbonyl (C=O) groups is 2. The summed E-state index contributed by atoms with van der Waals surface area (Å²) in [5, 5.41) is 3.10. The Kier molecular flexibility index (Phi) is 5.71. The molecule has 2 saturated heterocycles. The summed E-state index contributed by atoms with van der Waals surface area (Å²) in [4.78, 5) is 34.1. The number of hydrogen-bond donors (Lipinski definition) is 0. The molecule has 2 amide bonds. The van der Waals surface area contributed by atoms with Crippen LogP contribution in [-0.2, 0) is 4.79 Å². The first kappa shape index (κ1) is 18.8. The number of nitrogens with zero attached hydrogens (tertiary/aromatic N) is 3. The number of carbonyl (C=O) groups excluding carboxylic acids is 2. The van der Waals surface area contributed by atoms with Gasteiger partial charge in [0.15, 0.2) is 0 Å². The minimum absolute atomic E-state index is 0.0858. The molecule has 0 saturated carbocycles. The van der Waals surface area contributed by atoms with Crippen LogP contribution < -0.4 is 0 Å². The Morgan fingerprint density at radius 1 is 1.15 bits per heavy atom. The largest absolute Gasteiger partial charge is 0.339 e. The first-order valence-corrected chi connectivity index (χ1v) is 11.4. The van der Waals surface area contributed by atoms with Crippen LogP contribution in [0.4, 0.5) is 0 Å². The number of thiazole rings is 1. The number of likely N-dealkylation sites (tertiary alicyclic amines) is 1. The van der Waals surface area contributed by atoms with Crippen LogP contribution in [0.15, 0.2) is 29.6 Å². The van der Waals surface area contributed by atoms with Crippen molar-refractivity contribution in [1.29, 1.82) is 0 Å². The number of hydrogen-bond acceptors (Lipinski definition) is 5. The van der Waals surface area contributed by atoms with Crippen LogP contribution >= 0.6 is 34.7 Å². The molecule has 27 heavy (non-hydrogen) atoms. The Morgan fingerprint density at radius 3 is 2.70 bits per heavy atom. The Balaban J connectivity index is 1.52. The minimum atomic E-state index is -0.355. The van der Waals surface area contributed by atoms with Gasteiger partial charge in [0, 0.05) is 42.1 Å². The third kappa shape index (κ3) is 3.86. The normalized spacial score (nSPS) is 20.1. The molecule has 2 aromatic rings. The third-order valence-corrected chi connectivity index (χ3v) is 7.10. The SMILES string of the molecule is O=C(C1CCCN1C(=O)c1csc(-c2ccccc2Cl)n1)N1CCSCC1. The summed E-state index contributed by atoms with van der Waals surface area (Å²) in [7, 11) is 0. The van der Waals surface area contributed by atoms with Crippen molar-refractivity contribution in [2.75, 3.05) is 31.1 Å². The standard InChI is InChI=1S/C19H20ClN3O2S2/c20-14-5-2-1-4-13(14)17-21-15(12-27-17)18(24)23-7-3-6-16(23)19(25)22-8-10-26-11-9-22/h1-2,4-5,12,16H,3,6-11H2. The summed E-state index contributed by atoms with van der Waals surface area (Å²) < 4.78 is 0. The molecule has 8 heteroatoms. The second-order valence-electron chi connectivity index (χ2n) is 6.61. The molecule has 0 aliphatic carbocycles. The average molecular weight is 422 g/mol. The monoisotopic (exact) mass is 421 g/mol. The molecule has 1 unspecified atom stereocenters. The summed E-state index contributed by atoms with van der Waals surface area (Å²) in [6, 6.07) is 7.12. The summed E-state index contributed by atoms with van der Waals surface area (Å²) >= 11 is 9.52. The number of halogens is 1. The van der Waals surface area contributed by atoms with Gasteiger partial charge in [-0.2, -0.15) is 11.8 Å². The molecule has 3 heterocycles. The molecule has 2 aliphatic heterocycles. The summed E-state index contributed by atoms with van der Waals surface area (Å²) in [5.41, 5.74) is 1.21. The van der Waals surface area contributed by atoms with Crippen molar-refractivity contribution in [2.45, 2.75) is 18.9 Å². The Bertz CT molecular complexity index is 851. The van der Waals surface area contributed by atoms with Crippen molar-refractivity contribution >= 4 is 46.5 Å². The van der Waals surface area contributed by atoms with Gasteiger partial charge in [0.05, 0.1) is 5.02 Å². The van der Waals surface area contributed by atoms with Crippen LogP contribution in [0.3, 0.4) is 0 Å². The maximum atomic E-state index is 13.0. The summed E-state index contributed by atoms with van der Waals surface area (Å²) in [6.45, 7) is 2.15. The Labute approximate surface area is 171 Å². The maximum Gasteiger partial charge on any atom is 0.274 e. The van der Waals surface area contributed by atoms with Crippen molar-refractivity contribution < 1.29 is 9.59 Å². The van der Waals surface area contributed by atoms with E-state index in [0.717, 1.165) is 48.0 Å². The molecule has 1 aromatic heterocycles. The number of thioether (sulfide) groups is 1. The predicted octanol–water partition coefficient (Wildman–Crippen LogP) is 3.64. The fourth-order valence-electron chi connectivity index (χ4n) is 3.54. The third-order valence-electron chi connectivity index (χ3n) is 4.95. The second kappa shape index (κ2) is 8.20. The first-order valence-electron chi connectivity index (χ1n) is 9.03. The van der Waals surface area contributed by atoms with E-state index in [-0.39, 0.29) is 17.9 Å². The van der Waals surface area contributed by atoms with Gasteiger partial charge in [0.25, 0.3) is 5.91 Å². The van der Waals surface area contributed by atoms with Crippen molar-refractivity contribution in [3.05, 3.63) is 40.4 Å². The molecule has 2 fully saturated rings. The van der Waals surface area contributed by atoms with Gasteiger partial charge in [-0.05, 0) is 18.9 Å². The molecule has 5 nitrogen and oxygen atoms in total. The lowest BCUT2D eigenvalue weighted by atomic mass is 10.2. The average Bonchev–Trinajstić information content (AvgIpc) is 3.38. The van der Waals surface area contributed by atoms with Crippen LogP contribution in [-0.4, -0.2) is 63.8 Å². The lowest BCUT2D eigenvalue weighted by Gasteiger charge is -2.32. The Hall–Kier alpha value is -1.57. The van der Waals surface area contributed by atoms with E-state index in [9.17, 15) is 9.59 Å². The van der Waals surface area contributed by atoms with Gasteiger partial charge in [-0.1, -0.05) is 29.8 Å². The summed E-state index contributed by atoms with van der Waals surface area (Å²) in [5.74, 6) is 1.87. The summed E-state index contributed by atoms with van der Waals surface area (Å²) in [6.07, 6.45) is 1.59. The topological polar surface area (TPSA) is 53.5 Å². The van der Waals surface area contributed by atoms with Crippen LogP contribution in [0.1, 0.15) is 23.3 Å². The van der Waals surface area contributed by atoms with Gasteiger partial charge >= 0.3 is 0 Å². The van der Waals surface area contributed by atoms with E-state index in [1.165, 1.54) is 11.3 Å². The minimum Gasteiger partial charge on any atom is -0.339 e. The molecule has 0 radical (unpaired) electrons. The van der Waals surface area contributed by atoms with E-state index in [2.05, 4.69) is 4.98 Å². The van der Waals surface area contributed by atoms with E-state index < -0.39 is 0 Å². The van der Waals surface area contributed by atoms with Crippen molar-refractivity contribution in [2.24, 2.45) is 0 Å². The molecule has 2 aliphatic rings. The molecular weight excluding hydrogens is 402 g/mol. The van der Waals surface area contributed by atoms with E-state index in [1.54, 1.807) is 10.3 Å². The lowest BCUT2D eigenvalue weighted by molar-refractivity contribution is -0.134. The van der Waals surface area contributed by atoms with E-state index in [1.807, 2.05) is 40.9 Å². The quantitative estimate of drug-likeness (QED) is 0.759. The van der Waals surface area contributed by atoms with Crippen molar-refractivity contribution in [1.82, 2.24) is 14.8 Å². The van der Waals surface area contributed by atoms with Gasteiger partial charge in [0.2, 0.25) is 5.91 Å². The smallest absolute Gasteiger partial charge is 0.274 e. The van der Waals surface area contributed by atoms with Crippen LogP contribution in [0, 0.1) is 0 Å². The van der Waals surface area contributed by atoms with E-state index in [4.69, 9.17) is 11.6 Å². The highest BCUT2D eigenvalue weighted by molar-refractivity contribution is 7.99. The van der Waals surface area contributed by atoms with Gasteiger partial charge in [-0.3, -0.25) is 9.59 Å². The van der Waals surface area contributed by atoms with Crippen LogP contribution in [0.2, 0.25) is 5.02 Å². The van der Waals surface area contributed by atoms with Crippen molar-refractivity contribution in [3.63, 3.8) is 0 Å². The van der Waals surface area contributed by atoms with Crippen LogP contribution in [0.5, 0.6) is 0 Å². The highest BCUT2D eigenvalue weighted by Gasteiger charge is 2.37. The molecule has 1 aromatic carbocycles. The van der Waals surface area contributed by atoms with Crippen LogP contribution in [0.25, 0.3) is 10.6 Å². The fraction of sp³-hybridized carbons (Fsp3) is 0.421. The molecule has 0 spiro atoms. The van der Waals surface area contributed by atoms with Gasteiger partial charge in [0.1, 0.15) is 16.7 Å². The zero-order valence-corrected chi connectivity index (χ0v) is 17.2. The molecule has 4 rings (SSSR count). The van der Waals surface area contributed by atoms with Gasteiger partial charge in [-0.15, -0.1) is 11.3 Å².